The fourth-order valence-corrected chi connectivity index (χ4v) is 11.0. The second-order valence-electron chi connectivity index (χ2n) is 28.7. The summed E-state index contributed by atoms with van der Waals surface area (Å²) in [6.07, 6.45) is 132. The van der Waals surface area contributed by atoms with Gasteiger partial charge in [0.15, 0.2) is 6.10 Å². The van der Waals surface area contributed by atoms with Gasteiger partial charge >= 0.3 is 17.9 Å². The third kappa shape index (κ3) is 86.5. The Bertz CT molecular complexity index is 2630. The van der Waals surface area contributed by atoms with Crippen molar-refractivity contribution in [2.45, 2.75) is 322 Å². The van der Waals surface area contributed by atoms with Crippen molar-refractivity contribution in [2.75, 3.05) is 47.5 Å². The highest BCUT2D eigenvalue weighted by Crippen LogP contribution is 2.17. The van der Waals surface area contributed by atoms with E-state index in [0.29, 0.717) is 17.4 Å². The first-order valence-electron chi connectivity index (χ1n) is 42.5. The molecule has 0 aromatic rings. The zero-order valence-electron chi connectivity index (χ0n) is 68.7. The van der Waals surface area contributed by atoms with Gasteiger partial charge in [-0.3, -0.25) is 9.59 Å². The molecule has 0 aliphatic carbocycles. The van der Waals surface area contributed by atoms with Gasteiger partial charge in [-0.05, 0) is 161 Å². The van der Waals surface area contributed by atoms with Crippen molar-refractivity contribution >= 4 is 17.9 Å². The van der Waals surface area contributed by atoms with Gasteiger partial charge in [-0.15, -0.1) is 0 Å². The van der Waals surface area contributed by atoms with Crippen molar-refractivity contribution in [1.29, 1.82) is 0 Å². The fourth-order valence-electron chi connectivity index (χ4n) is 11.0. The number of ether oxygens (including phenoxy) is 4. The summed E-state index contributed by atoms with van der Waals surface area (Å²) in [6.45, 7) is 4.61. The number of unbranched alkanes of at least 4 members (excludes halogenated alkanes) is 23. The molecule has 1 N–H and O–H groups in total. The van der Waals surface area contributed by atoms with E-state index in [1.165, 1.54) is 109 Å². The molecule has 0 aromatic heterocycles. The average molecular weight is 1480 g/mol. The van der Waals surface area contributed by atoms with Gasteiger partial charge in [0.1, 0.15) is 13.2 Å². The van der Waals surface area contributed by atoms with Gasteiger partial charge in [-0.2, -0.15) is 0 Å². The van der Waals surface area contributed by atoms with Crippen LogP contribution in [0.2, 0.25) is 0 Å². The summed E-state index contributed by atoms with van der Waals surface area (Å²) < 4.78 is 23.0. The summed E-state index contributed by atoms with van der Waals surface area (Å²) in [4.78, 5) is 37.8. The van der Waals surface area contributed by atoms with Crippen LogP contribution in [0.4, 0.5) is 0 Å². The maximum Gasteiger partial charge on any atom is 0.361 e. The van der Waals surface area contributed by atoms with Crippen molar-refractivity contribution in [1.82, 2.24) is 0 Å². The van der Waals surface area contributed by atoms with E-state index in [4.69, 9.17) is 18.9 Å². The van der Waals surface area contributed by atoms with Crippen LogP contribution in [0.15, 0.2) is 231 Å². The van der Waals surface area contributed by atoms with Crippen molar-refractivity contribution in [3.8, 4) is 0 Å². The van der Waals surface area contributed by atoms with Crippen LogP contribution in [-0.2, 0) is 33.3 Å². The second-order valence-corrected chi connectivity index (χ2v) is 28.7. The molecule has 0 aromatic carbocycles. The van der Waals surface area contributed by atoms with Crippen LogP contribution in [0.5, 0.6) is 0 Å². The fraction of sp³-hybridized carbons (Fsp3) is 0.582. The Kier molecular flexibility index (Phi) is 79.7. The van der Waals surface area contributed by atoms with Crippen LogP contribution in [0, 0.1) is 0 Å². The number of carboxylic acids is 1. The molecule has 9 heteroatoms. The van der Waals surface area contributed by atoms with E-state index >= 15 is 0 Å². The van der Waals surface area contributed by atoms with E-state index in [1.807, 2.05) is 21.1 Å². The number of carbonyl (C=O) groups excluding carboxylic acids is 2. The first-order valence-corrected chi connectivity index (χ1v) is 42.5. The summed E-state index contributed by atoms with van der Waals surface area (Å²) in [7, 11) is 5.96. The van der Waals surface area contributed by atoms with Crippen molar-refractivity contribution < 1.29 is 42.9 Å². The van der Waals surface area contributed by atoms with Gasteiger partial charge in [-0.1, -0.05) is 367 Å². The van der Waals surface area contributed by atoms with Gasteiger partial charge in [0.2, 0.25) is 0 Å². The third-order valence-electron chi connectivity index (χ3n) is 17.4. The summed E-state index contributed by atoms with van der Waals surface area (Å²) in [6, 6.07) is 0. The number of hydrogen-bond donors (Lipinski definition) is 1. The van der Waals surface area contributed by atoms with Crippen LogP contribution in [0.25, 0.3) is 0 Å². The topological polar surface area (TPSA) is 108 Å². The normalized spacial score (nSPS) is 13.8. The standard InChI is InChI=1S/C98H155NO8/c1-6-8-10-12-14-16-18-20-22-24-26-28-30-32-34-36-38-40-42-44-46-48-50-52-54-56-58-60-62-64-66-68-70-72-74-76-78-80-82-84-86-88-95(100)105-92-94(93-106-98(97(102)103)104-91-90-99(3,4)5)107-96(101)89-87-85-83-81-79-77-75-73-71-69-67-65-63-61-59-57-55-53-51-49-47-45-43-41-39-37-35-33-31-29-27-25-23-21-19-17-15-13-11-9-7-2/h8-11,14-17,20-23,26-29,32-35,38-41,44-47,51,53,57,59,63,65,69,71,75,77,94,98H,6-7,12-13,18-19,24-25,30-31,36-37,42-43,48-50,52,54-56,58,60-62,64,66-68,70,72-74,76,78-93H2,1-5H3/p+1/b10-8-,11-9-,16-14-,17-15-,22-20-,23-21-,28-26-,29-27-,34-32-,35-33-,40-38-,41-39-,46-44-,47-45-,53-51-,59-57-,65-63-,71-69-,77-75-. The number of likely N-dealkylation sites (N-methyl/N-ethyl adjacent to an activating group) is 1. The predicted octanol–water partition coefficient (Wildman–Crippen LogP) is 28.1. The highest BCUT2D eigenvalue weighted by atomic mass is 16.7. The maximum atomic E-state index is 13.0. The molecular formula is C98H156NO8+. The summed E-state index contributed by atoms with van der Waals surface area (Å²) in [5.74, 6) is -2.05. The minimum absolute atomic E-state index is 0.172. The molecule has 0 rings (SSSR count). The summed E-state index contributed by atoms with van der Waals surface area (Å²) in [5, 5.41) is 9.78. The number of carboxylic acid groups (broad SMARTS) is 1. The number of quaternary nitrogens is 1. The predicted molar refractivity (Wildman–Crippen MR) is 464 cm³/mol. The van der Waals surface area contributed by atoms with Crippen LogP contribution in [0.1, 0.15) is 309 Å². The van der Waals surface area contributed by atoms with Crippen molar-refractivity contribution in [2.24, 2.45) is 0 Å². The molecule has 107 heavy (non-hydrogen) atoms. The Labute approximate surface area is 657 Å². The lowest BCUT2D eigenvalue weighted by molar-refractivity contribution is -0.870. The van der Waals surface area contributed by atoms with Gasteiger partial charge in [-0.25, -0.2) is 4.79 Å². The van der Waals surface area contributed by atoms with Crippen molar-refractivity contribution in [3.05, 3.63) is 231 Å². The Morgan fingerprint density at radius 1 is 0.280 bits per heavy atom. The molecule has 0 bridgehead atoms. The number of esters is 2. The maximum absolute atomic E-state index is 13.0. The van der Waals surface area contributed by atoms with Gasteiger partial charge in [0.05, 0.1) is 34.4 Å². The molecule has 0 saturated carbocycles. The third-order valence-corrected chi connectivity index (χ3v) is 17.4. The van der Waals surface area contributed by atoms with E-state index in [2.05, 4.69) is 245 Å². The Hall–Kier alpha value is -6.65. The van der Waals surface area contributed by atoms with E-state index in [-0.39, 0.29) is 38.6 Å². The van der Waals surface area contributed by atoms with Crippen LogP contribution >= 0.6 is 0 Å². The number of aliphatic carboxylic acids is 1. The second kappa shape index (κ2) is 85.0. The lowest BCUT2D eigenvalue weighted by atomic mass is 10.0. The Balaban J connectivity index is 4.13. The van der Waals surface area contributed by atoms with Gasteiger partial charge < -0.3 is 28.5 Å². The zero-order valence-corrected chi connectivity index (χ0v) is 68.7. The van der Waals surface area contributed by atoms with Crippen molar-refractivity contribution in [3.63, 3.8) is 0 Å². The number of allylic oxidation sites excluding steroid dienone is 38. The van der Waals surface area contributed by atoms with Crippen LogP contribution in [-0.4, -0.2) is 87.4 Å². The minimum atomic E-state index is -1.53. The number of hydrogen-bond acceptors (Lipinski definition) is 7. The lowest BCUT2D eigenvalue weighted by Gasteiger charge is -2.25. The molecule has 0 amide bonds. The van der Waals surface area contributed by atoms with E-state index in [1.54, 1.807) is 0 Å². The van der Waals surface area contributed by atoms with Crippen LogP contribution < -0.4 is 0 Å². The largest absolute Gasteiger partial charge is 0.477 e. The molecule has 0 spiro atoms. The Morgan fingerprint density at radius 2 is 0.505 bits per heavy atom. The first-order chi connectivity index (χ1) is 52.6. The number of carbonyl (C=O) groups is 3. The molecule has 9 nitrogen and oxygen atoms in total. The molecular weight excluding hydrogens is 1320 g/mol. The molecule has 0 aliphatic heterocycles. The van der Waals surface area contributed by atoms with Crippen LogP contribution in [0.3, 0.4) is 0 Å². The smallest absolute Gasteiger partial charge is 0.361 e. The summed E-state index contributed by atoms with van der Waals surface area (Å²) in [5.41, 5.74) is 0. The number of nitrogens with zero attached hydrogens (tertiary/aromatic N) is 1. The average Bonchev–Trinajstić information content (AvgIpc) is 0.965. The highest BCUT2D eigenvalue weighted by Gasteiger charge is 2.25. The number of rotatable bonds is 76. The monoisotopic (exact) mass is 1480 g/mol. The molecule has 0 heterocycles. The van der Waals surface area contributed by atoms with E-state index < -0.39 is 24.3 Å². The molecule has 2 atom stereocenters. The highest BCUT2D eigenvalue weighted by molar-refractivity contribution is 5.71. The molecule has 0 saturated heterocycles. The quantitative estimate of drug-likeness (QED) is 0.0211. The van der Waals surface area contributed by atoms with E-state index in [0.717, 1.165) is 167 Å². The summed E-state index contributed by atoms with van der Waals surface area (Å²) >= 11 is 0. The molecule has 2 unspecified atom stereocenters. The Morgan fingerprint density at radius 3 is 0.748 bits per heavy atom. The minimum Gasteiger partial charge on any atom is -0.477 e. The van der Waals surface area contributed by atoms with Gasteiger partial charge in [0.25, 0.3) is 6.29 Å². The molecule has 600 valence electrons. The molecule has 0 radical (unpaired) electrons. The molecule has 0 fully saturated rings. The van der Waals surface area contributed by atoms with Gasteiger partial charge in [0, 0.05) is 12.8 Å². The van der Waals surface area contributed by atoms with E-state index in [9.17, 15) is 19.5 Å². The molecule has 0 aliphatic rings. The SMILES string of the molecule is CC/C=C\C/C=C\C/C=C\C/C=C\C/C=C\C/C=C\C/C=C\C/C=C\C/C=C\C/C=C\C/C=C\C/C=C\CCCCCCC(=O)OC(COC(=O)CCCCCCCCCCCCCCCCCCCCC/C=C\C/C=C\C/C=C\C/C=C\C/C=C\C/C=C\C/C=C\CC)COC(OCC[N+](C)(C)C)C(=O)O. The zero-order chi connectivity index (χ0) is 77.4. The lowest BCUT2D eigenvalue weighted by Crippen LogP contribution is -2.40. The first kappa shape index (κ1) is 100.